The third-order valence-electron chi connectivity index (χ3n) is 3.92. The van der Waals surface area contributed by atoms with Crippen molar-refractivity contribution in [3.8, 4) is 11.3 Å². The molecule has 2 heterocycles. The maximum Gasteiger partial charge on any atom is 0.270 e. The van der Waals surface area contributed by atoms with E-state index in [0.717, 1.165) is 11.3 Å². The number of hydrogen-bond acceptors (Lipinski definition) is 6. The molecule has 0 aliphatic rings. The monoisotopic (exact) mass is 398 g/mol. The Bertz CT molecular complexity index is 1220. The molecule has 7 nitrogen and oxygen atoms in total. The zero-order valence-corrected chi connectivity index (χ0v) is 16.3. The first-order chi connectivity index (χ1) is 13.1. The molecule has 8 heteroatoms. The van der Waals surface area contributed by atoms with Gasteiger partial charge in [-0.05, 0) is 12.1 Å². The second-order valence-electron chi connectivity index (χ2n) is 7.20. The van der Waals surface area contributed by atoms with Crippen molar-refractivity contribution in [2.45, 2.75) is 20.8 Å². The molecule has 1 N–H and O–H groups in total. The van der Waals surface area contributed by atoms with Crippen molar-refractivity contribution in [3.05, 3.63) is 71.8 Å². The third kappa shape index (κ3) is 4.34. The lowest BCUT2D eigenvalue weighted by Gasteiger charge is -2.12. The molecule has 144 valence electrons. The topological polar surface area (TPSA) is 106 Å². The van der Waals surface area contributed by atoms with E-state index in [1.54, 1.807) is 30.3 Å². The van der Waals surface area contributed by atoms with Crippen molar-refractivity contribution in [1.29, 1.82) is 0 Å². The van der Waals surface area contributed by atoms with Gasteiger partial charge in [-0.2, -0.15) is 0 Å². The highest BCUT2D eigenvalue weighted by molar-refractivity contribution is 7.07. The van der Waals surface area contributed by atoms with Gasteiger partial charge in [-0.1, -0.05) is 32.9 Å². The van der Waals surface area contributed by atoms with Crippen LogP contribution in [0.5, 0.6) is 0 Å². The molecule has 0 amide bonds. The van der Waals surface area contributed by atoms with Gasteiger partial charge in [0.05, 0.1) is 14.1 Å². The molecule has 0 atom stereocenters. The second kappa shape index (κ2) is 7.40. The number of aromatic amines is 1. The highest BCUT2D eigenvalue weighted by Gasteiger charge is 2.18. The summed E-state index contributed by atoms with van der Waals surface area (Å²) in [5.74, 6) is 0.808. The Balaban J connectivity index is 1.95. The summed E-state index contributed by atoms with van der Waals surface area (Å²) in [7, 11) is 0. The van der Waals surface area contributed by atoms with E-state index >= 15 is 0 Å². The minimum atomic E-state index is -0.529. The summed E-state index contributed by atoms with van der Waals surface area (Å²) in [5, 5.41) is 10.9. The largest absolute Gasteiger partial charge is 0.457 e. The summed E-state index contributed by atoms with van der Waals surface area (Å²) >= 11 is 1.16. The zero-order chi connectivity index (χ0) is 20.5. The molecule has 0 fully saturated rings. The molecule has 0 radical (unpaired) electrons. The quantitative estimate of drug-likeness (QED) is 0.537. The highest BCUT2D eigenvalue weighted by Crippen LogP contribution is 2.25. The number of hydrogen-bond donors (Lipinski definition) is 1. The summed E-state index contributed by atoms with van der Waals surface area (Å²) in [6.45, 7) is 5.43. The summed E-state index contributed by atoms with van der Waals surface area (Å²) < 4.78 is 6.58. The van der Waals surface area contributed by atoms with Crippen molar-refractivity contribution in [2.75, 3.05) is 0 Å². The van der Waals surface area contributed by atoms with E-state index in [4.69, 9.17) is 4.42 Å². The fourth-order valence-electron chi connectivity index (χ4n) is 2.35. The lowest BCUT2D eigenvalue weighted by molar-refractivity contribution is -0.384. The number of ketones is 1. The van der Waals surface area contributed by atoms with Gasteiger partial charge in [-0.15, -0.1) is 11.3 Å². The van der Waals surface area contributed by atoms with Crippen LogP contribution in [0.4, 0.5) is 5.69 Å². The molecule has 28 heavy (non-hydrogen) atoms. The maximum absolute atomic E-state index is 12.1. The van der Waals surface area contributed by atoms with E-state index in [2.05, 4.69) is 4.98 Å². The predicted molar refractivity (Wildman–Crippen MR) is 107 cm³/mol. The molecule has 0 bridgehead atoms. The molecular weight excluding hydrogens is 380 g/mol. The number of furan rings is 1. The third-order valence-corrected chi connectivity index (χ3v) is 4.89. The minimum absolute atomic E-state index is 0.0298. The van der Waals surface area contributed by atoms with E-state index < -0.39 is 10.3 Å². The Morgan fingerprint density at radius 1 is 1.25 bits per heavy atom. The van der Waals surface area contributed by atoms with Crippen LogP contribution in [-0.2, 0) is 4.79 Å². The van der Waals surface area contributed by atoms with E-state index in [9.17, 15) is 19.7 Å². The summed E-state index contributed by atoms with van der Waals surface area (Å²) in [6, 6.07) is 9.48. The SMILES string of the molecule is CC(C)(C)C(=O)/C=c1\[nH]c(=O)/c(=C\c2ccc(-c3cccc([N+](=O)[O-])c3)o2)s1. The maximum atomic E-state index is 12.1. The minimum Gasteiger partial charge on any atom is -0.457 e. The van der Waals surface area contributed by atoms with Crippen LogP contribution in [-0.4, -0.2) is 15.7 Å². The summed E-state index contributed by atoms with van der Waals surface area (Å²) in [4.78, 5) is 37.4. The number of nitrogens with one attached hydrogen (secondary N) is 1. The molecule has 2 aromatic heterocycles. The Hall–Kier alpha value is -3.26. The molecule has 1 aromatic carbocycles. The molecular formula is C20H18N2O5S. The van der Waals surface area contributed by atoms with Gasteiger partial charge in [-0.3, -0.25) is 19.7 Å². The van der Waals surface area contributed by atoms with Gasteiger partial charge in [0.25, 0.3) is 11.2 Å². The molecule has 0 unspecified atom stereocenters. The van der Waals surface area contributed by atoms with Gasteiger partial charge in [-0.25, -0.2) is 0 Å². The number of benzene rings is 1. The van der Waals surface area contributed by atoms with Crippen LogP contribution < -0.4 is 14.8 Å². The lowest BCUT2D eigenvalue weighted by atomic mass is 9.91. The Kier molecular flexibility index (Phi) is 5.15. The standard InChI is InChI=1S/C20H18N2O5S/c1-20(2,3)17(23)11-18-21-19(24)16(28-18)10-14-7-8-15(27-14)12-5-4-6-13(9-12)22(25)26/h4-11H,1-3H3,(H,21,24)/b16-10+,18-11+. The van der Waals surface area contributed by atoms with Crippen molar-refractivity contribution >= 4 is 35.0 Å². The average molecular weight is 398 g/mol. The molecule has 0 saturated heterocycles. The van der Waals surface area contributed by atoms with Crippen LogP contribution in [0, 0.1) is 15.5 Å². The number of rotatable bonds is 4. The van der Waals surface area contributed by atoms with Gasteiger partial charge in [0, 0.05) is 35.3 Å². The van der Waals surface area contributed by atoms with Crippen molar-refractivity contribution in [3.63, 3.8) is 0 Å². The Labute approximate surface area is 163 Å². The van der Waals surface area contributed by atoms with E-state index in [0.29, 0.717) is 26.3 Å². The average Bonchev–Trinajstić information content (AvgIpc) is 3.21. The number of non-ortho nitro benzene ring substituents is 1. The number of Topliss-reactive ketones (excluding diaryl/α,β-unsaturated/α-hetero) is 1. The number of nitrogens with zero attached hydrogens (tertiary/aromatic N) is 1. The van der Waals surface area contributed by atoms with Gasteiger partial charge < -0.3 is 9.40 Å². The van der Waals surface area contributed by atoms with Gasteiger partial charge in [0.1, 0.15) is 11.5 Å². The van der Waals surface area contributed by atoms with E-state index in [-0.39, 0.29) is 17.0 Å². The number of carbonyl (C=O) groups is 1. The van der Waals surface area contributed by atoms with Crippen LogP contribution in [0.1, 0.15) is 26.5 Å². The van der Waals surface area contributed by atoms with E-state index in [1.807, 2.05) is 20.8 Å². The predicted octanol–water partition coefficient (Wildman–Crippen LogP) is 2.83. The Morgan fingerprint density at radius 3 is 2.68 bits per heavy atom. The van der Waals surface area contributed by atoms with Crippen LogP contribution in [0.25, 0.3) is 23.5 Å². The molecule has 0 spiro atoms. The fraction of sp³-hybridized carbons (Fsp3) is 0.200. The molecule has 0 aliphatic heterocycles. The smallest absolute Gasteiger partial charge is 0.270 e. The molecule has 0 saturated carbocycles. The van der Waals surface area contributed by atoms with Crippen molar-refractivity contribution in [2.24, 2.45) is 5.41 Å². The van der Waals surface area contributed by atoms with Crippen LogP contribution >= 0.6 is 11.3 Å². The molecule has 3 rings (SSSR count). The summed E-state index contributed by atoms with van der Waals surface area (Å²) in [6.07, 6.45) is 3.00. The number of nitro groups is 1. The highest BCUT2D eigenvalue weighted by atomic mass is 32.1. The van der Waals surface area contributed by atoms with Gasteiger partial charge >= 0.3 is 0 Å². The molecule has 0 aliphatic carbocycles. The van der Waals surface area contributed by atoms with Crippen molar-refractivity contribution in [1.82, 2.24) is 4.98 Å². The number of aromatic nitrogens is 1. The summed E-state index contributed by atoms with van der Waals surface area (Å²) in [5.41, 5.74) is -0.304. The first-order valence-corrected chi connectivity index (χ1v) is 9.27. The fourth-order valence-corrected chi connectivity index (χ4v) is 3.21. The van der Waals surface area contributed by atoms with Gasteiger partial charge in [0.2, 0.25) is 0 Å². The van der Waals surface area contributed by atoms with Crippen LogP contribution in [0.3, 0.4) is 0 Å². The zero-order valence-electron chi connectivity index (χ0n) is 15.5. The normalized spacial score (nSPS) is 13.1. The number of H-pyrrole nitrogens is 1. The van der Waals surface area contributed by atoms with E-state index in [1.165, 1.54) is 18.2 Å². The second-order valence-corrected chi connectivity index (χ2v) is 8.28. The molecule has 3 aromatic rings. The first-order valence-electron chi connectivity index (χ1n) is 8.45. The Morgan fingerprint density at radius 2 is 2.00 bits per heavy atom. The van der Waals surface area contributed by atoms with Crippen molar-refractivity contribution < 1.29 is 14.1 Å². The lowest BCUT2D eigenvalue weighted by Crippen LogP contribution is -2.22. The van der Waals surface area contributed by atoms with Crippen LogP contribution in [0.2, 0.25) is 0 Å². The van der Waals surface area contributed by atoms with Gasteiger partial charge in [0.15, 0.2) is 5.78 Å². The number of carbonyl (C=O) groups excluding carboxylic acids is 1. The number of nitro benzene ring substituents is 1. The van der Waals surface area contributed by atoms with Crippen LogP contribution in [0.15, 0.2) is 45.6 Å². The first kappa shape index (κ1) is 19.5. The number of thiazole rings is 1.